The molecule has 0 unspecified atom stereocenters. The van der Waals surface area contributed by atoms with E-state index in [1.165, 1.54) is 0 Å². The Morgan fingerprint density at radius 3 is 2.48 bits per heavy atom. The van der Waals surface area contributed by atoms with Crippen LogP contribution in [0.25, 0.3) is 0 Å². The minimum atomic E-state index is -0.835. The highest BCUT2D eigenvalue weighted by Gasteiger charge is 2.30. The van der Waals surface area contributed by atoms with E-state index in [0.29, 0.717) is 11.6 Å². The van der Waals surface area contributed by atoms with Crippen LogP contribution in [0, 0.1) is 17.2 Å². The maximum Gasteiger partial charge on any atom is 0.235 e. The van der Waals surface area contributed by atoms with Crippen LogP contribution >= 0.6 is 11.6 Å². The van der Waals surface area contributed by atoms with Gasteiger partial charge in [-0.3, -0.25) is 9.69 Å². The van der Waals surface area contributed by atoms with E-state index in [1.807, 2.05) is 50.1 Å². The molecule has 1 atom stereocenters. The number of carbonyl (C=O) groups is 1. The number of amides is 1. The van der Waals surface area contributed by atoms with Crippen molar-refractivity contribution >= 4 is 17.5 Å². The first-order chi connectivity index (χ1) is 9.76. The fraction of sp³-hybridized carbons (Fsp3) is 0.500. The van der Waals surface area contributed by atoms with Crippen LogP contribution in [0.3, 0.4) is 0 Å². The Labute approximate surface area is 131 Å². The van der Waals surface area contributed by atoms with Gasteiger partial charge < -0.3 is 5.32 Å². The molecule has 1 N–H and O–H groups in total. The zero-order valence-electron chi connectivity index (χ0n) is 13.0. The van der Waals surface area contributed by atoms with Crippen LogP contribution in [0.1, 0.15) is 26.3 Å². The number of benzene rings is 1. The van der Waals surface area contributed by atoms with Crippen molar-refractivity contribution in [3.05, 3.63) is 34.9 Å². The van der Waals surface area contributed by atoms with Gasteiger partial charge in [0.05, 0.1) is 12.6 Å². The van der Waals surface area contributed by atoms with E-state index in [4.69, 9.17) is 11.6 Å². The van der Waals surface area contributed by atoms with Gasteiger partial charge in [-0.1, -0.05) is 37.6 Å². The lowest BCUT2D eigenvalue weighted by atomic mass is 9.90. The third-order valence-corrected chi connectivity index (χ3v) is 3.82. The van der Waals surface area contributed by atoms with Crippen molar-refractivity contribution in [3.8, 4) is 6.07 Å². The van der Waals surface area contributed by atoms with Crippen LogP contribution in [0.15, 0.2) is 24.3 Å². The molecule has 4 nitrogen and oxygen atoms in total. The normalized spacial score (nSPS) is 13.8. The molecule has 114 valence electrons. The third-order valence-electron chi connectivity index (χ3n) is 3.57. The molecule has 0 aliphatic heterocycles. The molecule has 0 aliphatic rings. The molecular weight excluding hydrogens is 286 g/mol. The number of likely N-dealkylation sites (N-methyl/N-ethyl adjacent to an activating group) is 1. The average molecular weight is 308 g/mol. The summed E-state index contributed by atoms with van der Waals surface area (Å²) in [5.74, 6) is -0.0998. The number of nitrogens with zero attached hydrogens (tertiary/aromatic N) is 2. The summed E-state index contributed by atoms with van der Waals surface area (Å²) in [6, 6.07) is 9.70. The number of nitrogens with one attached hydrogen (secondary N) is 1. The monoisotopic (exact) mass is 307 g/mol. The molecule has 0 radical (unpaired) electrons. The Hall–Kier alpha value is -1.57. The number of halogens is 1. The molecule has 0 aromatic heterocycles. The van der Waals surface area contributed by atoms with Crippen LogP contribution in [-0.2, 0) is 11.3 Å². The molecule has 1 amide bonds. The van der Waals surface area contributed by atoms with Crippen LogP contribution in [0.2, 0.25) is 5.02 Å². The van der Waals surface area contributed by atoms with E-state index in [-0.39, 0.29) is 18.4 Å². The second kappa shape index (κ2) is 7.44. The van der Waals surface area contributed by atoms with Crippen molar-refractivity contribution in [2.24, 2.45) is 5.92 Å². The van der Waals surface area contributed by atoms with Gasteiger partial charge in [0.25, 0.3) is 0 Å². The Morgan fingerprint density at radius 2 is 2.00 bits per heavy atom. The summed E-state index contributed by atoms with van der Waals surface area (Å²) in [6.07, 6.45) is 0. The van der Waals surface area contributed by atoms with Gasteiger partial charge in [-0.15, -0.1) is 0 Å². The molecule has 21 heavy (non-hydrogen) atoms. The van der Waals surface area contributed by atoms with Crippen molar-refractivity contribution in [1.29, 1.82) is 5.26 Å². The van der Waals surface area contributed by atoms with E-state index in [9.17, 15) is 10.1 Å². The summed E-state index contributed by atoms with van der Waals surface area (Å²) in [6.45, 7) is 6.47. The molecule has 0 aliphatic carbocycles. The molecule has 0 bridgehead atoms. The van der Waals surface area contributed by atoms with Crippen LogP contribution in [-0.4, -0.2) is 29.9 Å². The van der Waals surface area contributed by atoms with Gasteiger partial charge in [0.2, 0.25) is 5.91 Å². The molecule has 0 fully saturated rings. The Bertz CT molecular complexity index is 521. The number of carbonyl (C=O) groups excluding carboxylic acids is 1. The van der Waals surface area contributed by atoms with Crippen molar-refractivity contribution in [3.63, 3.8) is 0 Å². The fourth-order valence-corrected chi connectivity index (χ4v) is 1.96. The molecule has 5 heteroatoms. The van der Waals surface area contributed by atoms with Crippen molar-refractivity contribution < 1.29 is 4.79 Å². The lowest BCUT2D eigenvalue weighted by Crippen LogP contribution is -2.51. The summed E-state index contributed by atoms with van der Waals surface area (Å²) in [5, 5.41) is 12.7. The summed E-state index contributed by atoms with van der Waals surface area (Å²) in [7, 11) is 1.87. The molecule has 0 spiro atoms. The van der Waals surface area contributed by atoms with Crippen LogP contribution < -0.4 is 5.32 Å². The molecule has 1 aromatic carbocycles. The van der Waals surface area contributed by atoms with Gasteiger partial charge >= 0.3 is 0 Å². The lowest BCUT2D eigenvalue weighted by molar-refractivity contribution is -0.123. The largest absolute Gasteiger partial charge is 0.337 e. The quantitative estimate of drug-likeness (QED) is 0.879. The minimum absolute atomic E-state index is 0.0491. The first-order valence-electron chi connectivity index (χ1n) is 6.92. The number of nitriles is 1. The highest BCUT2D eigenvalue weighted by atomic mass is 35.5. The Morgan fingerprint density at radius 1 is 1.43 bits per heavy atom. The topological polar surface area (TPSA) is 56.1 Å². The van der Waals surface area contributed by atoms with Crippen LogP contribution in [0.4, 0.5) is 0 Å². The van der Waals surface area contributed by atoms with Gasteiger partial charge in [-0.2, -0.15) is 5.26 Å². The van der Waals surface area contributed by atoms with E-state index >= 15 is 0 Å². The summed E-state index contributed by atoms with van der Waals surface area (Å²) in [4.78, 5) is 14.0. The highest BCUT2D eigenvalue weighted by Crippen LogP contribution is 2.15. The fourth-order valence-electron chi connectivity index (χ4n) is 1.83. The van der Waals surface area contributed by atoms with Gasteiger partial charge in [0, 0.05) is 11.6 Å². The lowest BCUT2D eigenvalue weighted by Gasteiger charge is -2.28. The third kappa shape index (κ3) is 5.37. The Balaban J connectivity index is 2.55. The summed E-state index contributed by atoms with van der Waals surface area (Å²) < 4.78 is 0. The molecule has 0 saturated heterocycles. The average Bonchev–Trinajstić information content (AvgIpc) is 2.40. The molecule has 1 aromatic rings. The van der Waals surface area contributed by atoms with E-state index in [2.05, 4.69) is 11.4 Å². The zero-order valence-corrected chi connectivity index (χ0v) is 13.7. The Kier molecular flexibility index (Phi) is 6.19. The SMILES string of the molecule is CC(C)[C@@](C)(C#N)NC(=O)CN(C)Cc1ccc(Cl)cc1. The van der Waals surface area contributed by atoms with Crippen LogP contribution in [0.5, 0.6) is 0 Å². The predicted molar refractivity (Wildman–Crippen MR) is 84.8 cm³/mol. The number of hydrogen-bond acceptors (Lipinski definition) is 3. The van der Waals surface area contributed by atoms with E-state index in [1.54, 1.807) is 6.92 Å². The zero-order chi connectivity index (χ0) is 16.0. The minimum Gasteiger partial charge on any atom is -0.337 e. The maximum absolute atomic E-state index is 12.1. The van der Waals surface area contributed by atoms with Gasteiger partial charge in [0.15, 0.2) is 0 Å². The second-order valence-electron chi connectivity index (χ2n) is 5.82. The van der Waals surface area contributed by atoms with Crippen molar-refractivity contribution in [2.75, 3.05) is 13.6 Å². The summed E-state index contributed by atoms with van der Waals surface area (Å²) >= 11 is 5.84. The van der Waals surface area contributed by atoms with E-state index < -0.39 is 5.54 Å². The number of hydrogen-bond donors (Lipinski definition) is 1. The smallest absolute Gasteiger partial charge is 0.235 e. The molecule has 0 heterocycles. The second-order valence-corrected chi connectivity index (χ2v) is 6.25. The highest BCUT2D eigenvalue weighted by molar-refractivity contribution is 6.30. The number of rotatable bonds is 6. The standard InChI is InChI=1S/C16H22ClN3O/c1-12(2)16(3,11-18)19-15(21)10-20(4)9-13-5-7-14(17)8-6-13/h5-8,12H,9-10H2,1-4H3,(H,19,21)/t16-/m1/s1. The van der Waals surface area contributed by atoms with Crippen molar-refractivity contribution in [1.82, 2.24) is 10.2 Å². The first kappa shape index (κ1) is 17.5. The molecular formula is C16H22ClN3O. The van der Waals surface area contributed by atoms with E-state index in [0.717, 1.165) is 5.56 Å². The van der Waals surface area contributed by atoms with Crippen molar-refractivity contribution in [2.45, 2.75) is 32.9 Å². The predicted octanol–water partition coefficient (Wildman–Crippen LogP) is 2.83. The molecule has 0 saturated carbocycles. The van der Waals surface area contributed by atoms with Gasteiger partial charge in [-0.25, -0.2) is 0 Å². The van der Waals surface area contributed by atoms with Gasteiger partial charge in [-0.05, 0) is 37.6 Å². The molecule has 1 rings (SSSR count). The van der Waals surface area contributed by atoms with Gasteiger partial charge in [0.1, 0.15) is 5.54 Å². The first-order valence-corrected chi connectivity index (χ1v) is 7.30. The maximum atomic E-state index is 12.1. The summed E-state index contributed by atoms with van der Waals surface area (Å²) in [5.41, 5.74) is 0.250.